The molecular formula is C16H11BrO4. The zero-order chi connectivity index (χ0) is 14.8. The van der Waals surface area contributed by atoms with Crippen molar-refractivity contribution < 1.29 is 19.4 Å². The molecule has 106 valence electrons. The third-order valence-electron chi connectivity index (χ3n) is 3.03. The van der Waals surface area contributed by atoms with E-state index in [1.54, 1.807) is 24.3 Å². The minimum Gasteiger partial charge on any atom is -0.457 e. The normalized spacial score (nSPS) is 17.8. The average Bonchev–Trinajstić information content (AvgIpc) is 2.74. The smallest absolute Gasteiger partial charge is 0.348 e. The highest BCUT2D eigenvalue weighted by atomic mass is 79.9. The predicted octanol–water partition coefficient (Wildman–Crippen LogP) is 3.46. The fourth-order valence-electron chi connectivity index (χ4n) is 2.03. The second-order valence-corrected chi connectivity index (χ2v) is 5.22. The number of esters is 1. The van der Waals surface area contributed by atoms with Crippen molar-refractivity contribution >= 4 is 27.5 Å². The van der Waals surface area contributed by atoms with Gasteiger partial charge in [0.05, 0.1) is 0 Å². The number of cyclic esters (lactones) is 1. The molecule has 0 fully saturated rings. The van der Waals surface area contributed by atoms with Crippen LogP contribution in [0, 0.1) is 0 Å². The SMILES string of the molecule is O=C1OC(O)C(c2ccc(Oc3ccccc3)cc2)=C1Br. The highest BCUT2D eigenvalue weighted by Gasteiger charge is 2.32. The van der Waals surface area contributed by atoms with E-state index in [1.807, 2.05) is 30.3 Å². The van der Waals surface area contributed by atoms with Crippen LogP contribution in [0.5, 0.6) is 11.5 Å². The molecule has 0 saturated heterocycles. The minimum atomic E-state index is -1.24. The molecular weight excluding hydrogens is 336 g/mol. The Labute approximate surface area is 129 Å². The van der Waals surface area contributed by atoms with Crippen LogP contribution < -0.4 is 4.74 Å². The van der Waals surface area contributed by atoms with E-state index in [0.717, 1.165) is 5.75 Å². The van der Waals surface area contributed by atoms with E-state index < -0.39 is 12.3 Å². The molecule has 1 aliphatic heterocycles. The number of para-hydroxylation sites is 1. The highest BCUT2D eigenvalue weighted by Crippen LogP contribution is 2.34. The molecule has 21 heavy (non-hydrogen) atoms. The van der Waals surface area contributed by atoms with E-state index in [-0.39, 0.29) is 4.48 Å². The van der Waals surface area contributed by atoms with Crippen LogP contribution >= 0.6 is 15.9 Å². The molecule has 0 aliphatic carbocycles. The maximum absolute atomic E-state index is 11.4. The molecule has 1 N–H and O–H groups in total. The number of hydrogen-bond donors (Lipinski definition) is 1. The van der Waals surface area contributed by atoms with Crippen LogP contribution in [0.25, 0.3) is 5.57 Å². The standard InChI is InChI=1S/C16H11BrO4/c17-14-13(15(18)21-16(14)19)10-6-8-12(9-7-10)20-11-4-2-1-3-5-11/h1-9,15,18H. The maximum Gasteiger partial charge on any atom is 0.348 e. The Morgan fingerprint density at radius 3 is 2.19 bits per heavy atom. The summed E-state index contributed by atoms with van der Waals surface area (Å²) in [6, 6.07) is 16.5. The lowest BCUT2D eigenvalue weighted by Crippen LogP contribution is -2.09. The monoisotopic (exact) mass is 346 g/mol. The summed E-state index contributed by atoms with van der Waals surface area (Å²) >= 11 is 3.13. The van der Waals surface area contributed by atoms with Crippen molar-refractivity contribution in [2.75, 3.05) is 0 Å². The van der Waals surface area contributed by atoms with Gasteiger partial charge in [-0.25, -0.2) is 4.79 Å². The van der Waals surface area contributed by atoms with Crippen LogP contribution in [0.2, 0.25) is 0 Å². The van der Waals surface area contributed by atoms with Gasteiger partial charge in [0.15, 0.2) is 0 Å². The molecule has 1 heterocycles. The lowest BCUT2D eigenvalue weighted by molar-refractivity contribution is -0.149. The van der Waals surface area contributed by atoms with Crippen LogP contribution in [0.1, 0.15) is 5.56 Å². The molecule has 0 saturated carbocycles. The first-order chi connectivity index (χ1) is 10.1. The Morgan fingerprint density at radius 1 is 1.00 bits per heavy atom. The topological polar surface area (TPSA) is 55.8 Å². The molecule has 0 aromatic heterocycles. The van der Waals surface area contributed by atoms with Gasteiger partial charge in [-0.1, -0.05) is 30.3 Å². The van der Waals surface area contributed by atoms with Crippen molar-refractivity contribution in [3.05, 3.63) is 64.6 Å². The van der Waals surface area contributed by atoms with Crippen LogP contribution in [0.4, 0.5) is 0 Å². The molecule has 4 nitrogen and oxygen atoms in total. The lowest BCUT2D eigenvalue weighted by Gasteiger charge is -2.09. The van der Waals surface area contributed by atoms with Crippen molar-refractivity contribution in [3.63, 3.8) is 0 Å². The Kier molecular flexibility index (Phi) is 3.77. The Morgan fingerprint density at radius 2 is 1.62 bits per heavy atom. The van der Waals surface area contributed by atoms with Gasteiger partial charge < -0.3 is 14.6 Å². The Bertz CT molecular complexity index is 692. The van der Waals surface area contributed by atoms with E-state index in [4.69, 9.17) is 9.47 Å². The van der Waals surface area contributed by atoms with Gasteiger partial charge in [-0.05, 0) is 45.8 Å². The van der Waals surface area contributed by atoms with Crippen LogP contribution in [0.15, 0.2) is 59.1 Å². The van der Waals surface area contributed by atoms with Gasteiger partial charge in [0.1, 0.15) is 16.0 Å². The molecule has 3 rings (SSSR count). The first-order valence-electron chi connectivity index (χ1n) is 6.27. The number of carbonyl (C=O) groups excluding carboxylic acids is 1. The Hall–Kier alpha value is -2.11. The molecule has 0 radical (unpaired) electrons. The summed E-state index contributed by atoms with van der Waals surface area (Å²) in [5.74, 6) is 0.841. The van der Waals surface area contributed by atoms with Gasteiger partial charge in [-0.3, -0.25) is 0 Å². The van der Waals surface area contributed by atoms with Crippen molar-refractivity contribution in [1.29, 1.82) is 0 Å². The number of ether oxygens (including phenoxy) is 2. The predicted molar refractivity (Wildman–Crippen MR) is 80.9 cm³/mol. The summed E-state index contributed by atoms with van der Waals surface area (Å²) < 4.78 is 10.7. The first kappa shape index (κ1) is 13.9. The number of aliphatic hydroxyl groups excluding tert-OH is 1. The molecule has 2 aromatic carbocycles. The largest absolute Gasteiger partial charge is 0.457 e. The quantitative estimate of drug-likeness (QED) is 0.864. The van der Waals surface area contributed by atoms with Gasteiger partial charge in [-0.2, -0.15) is 0 Å². The van der Waals surface area contributed by atoms with Crippen LogP contribution in [-0.4, -0.2) is 17.4 Å². The third-order valence-corrected chi connectivity index (χ3v) is 3.78. The molecule has 0 spiro atoms. The highest BCUT2D eigenvalue weighted by molar-refractivity contribution is 9.12. The summed E-state index contributed by atoms with van der Waals surface area (Å²) in [5, 5.41) is 9.73. The zero-order valence-corrected chi connectivity index (χ0v) is 12.4. The van der Waals surface area contributed by atoms with Crippen LogP contribution in [0.3, 0.4) is 0 Å². The molecule has 0 bridgehead atoms. The average molecular weight is 347 g/mol. The van der Waals surface area contributed by atoms with E-state index >= 15 is 0 Å². The summed E-state index contributed by atoms with van der Waals surface area (Å²) in [4.78, 5) is 11.4. The van der Waals surface area contributed by atoms with E-state index in [0.29, 0.717) is 16.9 Å². The zero-order valence-electron chi connectivity index (χ0n) is 10.8. The maximum atomic E-state index is 11.4. The molecule has 1 atom stereocenters. The van der Waals surface area contributed by atoms with Crippen molar-refractivity contribution in [2.24, 2.45) is 0 Å². The van der Waals surface area contributed by atoms with Gasteiger partial charge in [0.25, 0.3) is 0 Å². The number of benzene rings is 2. The Balaban J connectivity index is 1.83. The fourth-order valence-corrected chi connectivity index (χ4v) is 2.55. The van der Waals surface area contributed by atoms with Crippen LogP contribution in [-0.2, 0) is 9.53 Å². The van der Waals surface area contributed by atoms with Crippen molar-refractivity contribution in [1.82, 2.24) is 0 Å². The second-order valence-electron chi connectivity index (χ2n) is 4.42. The van der Waals surface area contributed by atoms with Gasteiger partial charge >= 0.3 is 5.97 Å². The van der Waals surface area contributed by atoms with E-state index in [2.05, 4.69) is 15.9 Å². The summed E-state index contributed by atoms with van der Waals surface area (Å²) in [5.41, 5.74) is 1.12. The molecule has 5 heteroatoms. The number of rotatable bonds is 3. The van der Waals surface area contributed by atoms with Crippen molar-refractivity contribution in [2.45, 2.75) is 6.29 Å². The number of hydrogen-bond acceptors (Lipinski definition) is 4. The third kappa shape index (κ3) is 2.84. The fraction of sp³-hybridized carbons (Fsp3) is 0.0625. The van der Waals surface area contributed by atoms with Gasteiger partial charge in [-0.15, -0.1) is 0 Å². The van der Waals surface area contributed by atoms with Gasteiger partial charge in [0, 0.05) is 5.57 Å². The molecule has 1 aliphatic rings. The van der Waals surface area contributed by atoms with E-state index in [1.165, 1.54) is 0 Å². The lowest BCUT2D eigenvalue weighted by atomic mass is 10.1. The number of carbonyl (C=O) groups is 1. The summed E-state index contributed by atoms with van der Waals surface area (Å²) in [6.45, 7) is 0. The first-order valence-corrected chi connectivity index (χ1v) is 7.06. The number of halogens is 1. The molecule has 1 unspecified atom stereocenters. The summed E-state index contributed by atoms with van der Waals surface area (Å²) in [7, 11) is 0. The number of aliphatic hydroxyl groups is 1. The second kappa shape index (κ2) is 5.71. The van der Waals surface area contributed by atoms with E-state index in [9.17, 15) is 9.90 Å². The summed E-state index contributed by atoms with van der Waals surface area (Å²) in [6.07, 6.45) is -1.24. The molecule has 2 aromatic rings. The molecule has 0 amide bonds. The minimum absolute atomic E-state index is 0.242. The van der Waals surface area contributed by atoms with Gasteiger partial charge in [0.2, 0.25) is 6.29 Å². The van der Waals surface area contributed by atoms with Crippen molar-refractivity contribution in [3.8, 4) is 11.5 Å².